The molecule has 0 atom stereocenters. The number of halogens is 1. The van der Waals surface area contributed by atoms with Gasteiger partial charge in [-0.25, -0.2) is 5.43 Å². The molecule has 2 amide bonds. The number of nitrogens with zero attached hydrogens (tertiary/aromatic N) is 1. The van der Waals surface area contributed by atoms with Crippen molar-refractivity contribution < 1.29 is 19.1 Å². The van der Waals surface area contributed by atoms with Crippen molar-refractivity contribution in [3.8, 4) is 11.5 Å². The number of hydrogen-bond donors (Lipinski definition) is 2. The maximum Gasteiger partial charge on any atom is 0.329 e. The summed E-state index contributed by atoms with van der Waals surface area (Å²) in [6, 6.07) is 21.9. The van der Waals surface area contributed by atoms with E-state index in [9.17, 15) is 9.59 Å². The highest BCUT2D eigenvalue weighted by atomic mass is 79.9. The lowest BCUT2D eigenvalue weighted by Gasteiger charge is -2.10. The molecule has 0 saturated heterocycles. The third kappa shape index (κ3) is 6.95. The Labute approximate surface area is 194 Å². The number of rotatable bonds is 8. The molecule has 0 aliphatic carbocycles. The third-order valence-electron chi connectivity index (χ3n) is 4.21. The molecule has 0 spiro atoms. The van der Waals surface area contributed by atoms with Crippen molar-refractivity contribution >= 4 is 39.6 Å². The Bertz CT molecular complexity index is 1090. The van der Waals surface area contributed by atoms with Crippen LogP contribution in [0.25, 0.3) is 0 Å². The van der Waals surface area contributed by atoms with Crippen molar-refractivity contribution in [1.29, 1.82) is 0 Å². The molecule has 0 unspecified atom stereocenters. The van der Waals surface area contributed by atoms with Crippen molar-refractivity contribution in [3.05, 3.63) is 88.4 Å². The molecule has 7 nitrogen and oxygen atoms in total. The highest BCUT2D eigenvalue weighted by Gasteiger charge is 2.13. The van der Waals surface area contributed by atoms with Crippen molar-refractivity contribution in [2.45, 2.75) is 13.5 Å². The van der Waals surface area contributed by atoms with Crippen LogP contribution in [0.5, 0.6) is 11.5 Å². The summed E-state index contributed by atoms with van der Waals surface area (Å²) in [4.78, 5) is 24.2. The van der Waals surface area contributed by atoms with Crippen LogP contribution in [0.1, 0.15) is 18.1 Å². The van der Waals surface area contributed by atoms with Gasteiger partial charge < -0.3 is 14.8 Å². The zero-order valence-electron chi connectivity index (χ0n) is 17.4. The maximum atomic E-state index is 12.1. The van der Waals surface area contributed by atoms with E-state index in [4.69, 9.17) is 9.47 Å². The van der Waals surface area contributed by atoms with Gasteiger partial charge in [0.05, 0.1) is 12.8 Å². The van der Waals surface area contributed by atoms with Crippen LogP contribution >= 0.6 is 15.9 Å². The van der Waals surface area contributed by atoms with Gasteiger partial charge in [-0.05, 0) is 55.0 Å². The Balaban J connectivity index is 1.57. The largest absolute Gasteiger partial charge is 0.494 e. The van der Waals surface area contributed by atoms with Crippen LogP contribution in [0, 0.1) is 0 Å². The Morgan fingerprint density at radius 3 is 2.44 bits per heavy atom. The number of hydrogen-bond acceptors (Lipinski definition) is 5. The SMILES string of the molecule is CCOc1ccc(NC(=O)C(=O)N/N=C/c2cc(Br)ccc2OCc2ccccc2)cc1. The number of carbonyl (C=O) groups excluding carboxylic acids is 2. The van der Waals surface area contributed by atoms with Gasteiger partial charge in [0.15, 0.2) is 0 Å². The minimum atomic E-state index is -0.892. The molecule has 0 aliphatic heterocycles. The van der Waals surface area contributed by atoms with Gasteiger partial charge in [-0.15, -0.1) is 0 Å². The monoisotopic (exact) mass is 495 g/mol. The van der Waals surface area contributed by atoms with E-state index >= 15 is 0 Å². The van der Waals surface area contributed by atoms with Crippen molar-refractivity contribution in [2.75, 3.05) is 11.9 Å². The van der Waals surface area contributed by atoms with E-state index in [1.807, 2.05) is 43.3 Å². The molecule has 2 N–H and O–H groups in total. The highest BCUT2D eigenvalue weighted by Crippen LogP contribution is 2.23. The predicted octanol–water partition coefficient (Wildman–Crippen LogP) is 4.52. The van der Waals surface area contributed by atoms with Crippen molar-refractivity contribution in [3.63, 3.8) is 0 Å². The molecule has 32 heavy (non-hydrogen) atoms. The van der Waals surface area contributed by atoms with Gasteiger partial charge in [0, 0.05) is 15.7 Å². The minimum absolute atomic E-state index is 0.389. The molecular formula is C24H22BrN3O4. The Morgan fingerprint density at radius 2 is 1.72 bits per heavy atom. The molecular weight excluding hydrogens is 474 g/mol. The van der Waals surface area contributed by atoms with E-state index in [1.54, 1.807) is 36.4 Å². The highest BCUT2D eigenvalue weighted by molar-refractivity contribution is 9.10. The Hall–Kier alpha value is -3.65. The summed E-state index contributed by atoms with van der Waals surface area (Å²) in [5, 5.41) is 6.40. The number of carbonyl (C=O) groups is 2. The number of benzene rings is 3. The van der Waals surface area contributed by atoms with E-state index in [0.29, 0.717) is 36.0 Å². The summed E-state index contributed by atoms with van der Waals surface area (Å²) in [7, 11) is 0. The van der Waals surface area contributed by atoms with Gasteiger partial charge in [-0.1, -0.05) is 46.3 Å². The lowest BCUT2D eigenvalue weighted by atomic mass is 10.2. The normalized spacial score (nSPS) is 10.6. The van der Waals surface area contributed by atoms with Gasteiger partial charge in [-0.3, -0.25) is 9.59 Å². The van der Waals surface area contributed by atoms with Crippen LogP contribution < -0.4 is 20.2 Å². The smallest absolute Gasteiger partial charge is 0.329 e. The number of ether oxygens (including phenoxy) is 2. The summed E-state index contributed by atoms with van der Waals surface area (Å²) in [5.74, 6) is -0.453. The van der Waals surface area contributed by atoms with Gasteiger partial charge in [0.2, 0.25) is 0 Å². The fraction of sp³-hybridized carbons (Fsp3) is 0.125. The van der Waals surface area contributed by atoms with E-state index in [2.05, 4.69) is 31.8 Å². The van der Waals surface area contributed by atoms with Crippen molar-refractivity contribution in [1.82, 2.24) is 5.43 Å². The fourth-order valence-electron chi connectivity index (χ4n) is 2.69. The zero-order valence-corrected chi connectivity index (χ0v) is 19.0. The van der Waals surface area contributed by atoms with E-state index < -0.39 is 11.8 Å². The molecule has 0 heterocycles. The lowest BCUT2D eigenvalue weighted by molar-refractivity contribution is -0.136. The molecule has 3 aromatic rings. The van der Waals surface area contributed by atoms with Crippen LogP contribution in [0.2, 0.25) is 0 Å². The molecule has 0 fully saturated rings. The standard InChI is InChI=1S/C24H22BrN3O4/c1-2-31-21-11-9-20(10-12-21)27-23(29)24(30)28-26-15-18-14-19(25)8-13-22(18)32-16-17-6-4-3-5-7-17/h3-15H,2,16H2,1H3,(H,27,29)(H,28,30)/b26-15+. The quantitative estimate of drug-likeness (QED) is 0.273. The first-order valence-electron chi connectivity index (χ1n) is 9.88. The van der Waals surface area contributed by atoms with E-state index in [1.165, 1.54) is 6.21 Å². The molecule has 0 saturated carbocycles. The first-order chi connectivity index (χ1) is 15.5. The van der Waals surface area contributed by atoms with Gasteiger partial charge in [0.25, 0.3) is 0 Å². The number of amides is 2. The molecule has 0 aliphatic rings. The number of hydrazone groups is 1. The second-order valence-electron chi connectivity index (χ2n) is 6.57. The minimum Gasteiger partial charge on any atom is -0.494 e. The van der Waals surface area contributed by atoms with E-state index in [-0.39, 0.29) is 0 Å². The summed E-state index contributed by atoms with van der Waals surface area (Å²) >= 11 is 3.41. The first-order valence-corrected chi connectivity index (χ1v) is 10.7. The van der Waals surface area contributed by atoms with Crippen LogP contribution in [0.15, 0.2) is 82.4 Å². The van der Waals surface area contributed by atoms with Crippen LogP contribution in [0.4, 0.5) is 5.69 Å². The molecule has 0 radical (unpaired) electrons. The van der Waals surface area contributed by atoms with Crippen molar-refractivity contribution in [2.24, 2.45) is 5.10 Å². The number of anilines is 1. The number of nitrogens with one attached hydrogen (secondary N) is 2. The van der Waals surface area contributed by atoms with E-state index in [0.717, 1.165) is 10.0 Å². The van der Waals surface area contributed by atoms with Crippen LogP contribution in [-0.4, -0.2) is 24.6 Å². The Morgan fingerprint density at radius 1 is 0.969 bits per heavy atom. The molecule has 164 valence electrons. The Kier molecular flexibility index (Phi) is 8.39. The topological polar surface area (TPSA) is 89.0 Å². The average molecular weight is 496 g/mol. The zero-order chi connectivity index (χ0) is 22.8. The predicted molar refractivity (Wildman–Crippen MR) is 127 cm³/mol. The summed E-state index contributed by atoms with van der Waals surface area (Å²) in [6.07, 6.45) is 1.42. The van der Waals surface area contributed by atoms with Crippen LogP contribution in [-0.2, 0) is 16.2 Å². The summed E-state index contributed by atoms with van der Waals surface area (Å²) < 4.78 is 12.0. The lowest BCUT2D eigenvalue weighted by Crippen LogP contribution is -2.32. The summed E-state index contributed by atoms with van der Waals surface area (Å²) in [6.45, 7) is 2.82. The molecule has 8 heteroatoms. The third-order valence-corrected chi connectivity index (χ3v) is 4.70. The molecule has 3 rings (SSSR count). The fourth-order valence-corrected chi connectivity index (χ4v) is 3.07. The van der Waals surface area contributed by atoms with Gasteiger partial charge in [-0.2, -0.15) is 5.10 Å². The second-order valence-corrected chi connectivity index (χ2v) is 7.48. The van der Waals surface area contributed by atoms with Gasteiger partial charge >= 0.3 is 11.8 Å². The maximum absolute atomic E-state index is 12.1. The first kappa shape index (κ1) is 23.0. The average Bonchev–Trinajstić information content (AvgIpc) is 2.80. The second kappa shape index (κ2) is 11.7. The molecule has 0 aromatic heterocycles. The molecule has 3 aromatic carbocycles. The van der Waals surface area contributed by atoms with Crippen LogP contribution in [0.3, 0.4) is 0 Å². The van der Waals surface area contributed by atoms with Gasteiger partial charge in [0.1, 0.15) is 18.1 Å². The molecule has 0 bridgehead atoms. The summed E-state index contributed by atoms with van der Waals surface area (Å²) in [5.41, 5.74) is 4.37.